The lowest BCUT2D eigenvalue weighted by atomic mass is 9.85. The molecule has 0 saturated carbocycles. The minimum absolute atomic E-state index is 0.405. The summed E-state index contributed by atoms with van der Waals surface area (Å²) in [6.07, 6.45) is 8.17. The van der Waals surface area contributed by atoms with E-state index in [9.17, 15) is 0 Å². The molecule has 0 bridgehead atoms. The third-order valence-corrected chi connectivity index (χ3v) is 3.36. The first-order valence-electron chi connectivity index (χ1n) is 6.64. The highest BCUT2D eigenvalue weighted by Gasteiger charge is 2.32. The molecule has 2 nitrogen and oxygen atoms in total. The summed E-state index contributed by atoms with van der Waals surface area (Å²) in [5.41, 5.74) is 0.405. The lowest BCUT2D eigenvalue weighted by Crippen LogP contribution is -2.43. The smallest absolute Gasteiger partial charge is 0.0459 e. The van der Waals surface area contributed by atoms with E-state index in [2.05, 4.69) is 31.4 Å². The van der Waals surface area contributed by atoms with Gasteiger partial charge >= 0.3 is 0 Å². The summed E-state index contributed by atoms with van der Waals surface area (Å²) in [7, 11) is 0. The molecule has 1 unspecified atom stereocenters. The van der Waals surface area contributed by atoms with Gasteiger partial charge in [0, 0.05) is 18.8 Å². The third-order valence-electron chi connectivity index (χ3n) is 3.36. The van der Waals surface area contributed by atoms with E-state index in [1.165, 1.54) is 38.5 Å². The van der Waals surface area contributed by atoms with E-state index in [4.69, 9.17) is 0 Å². The molecule has 0 aromatic rings. The van der Waals surface area contributed by atoms with Gasteiger partial charge in [-0.1, -0.05) is 46.5 Å². The second-order valence-electron chi connectivity index (χ2n) is 5.47. The van der Waals surface area contributed by atoms with Crippen LogP contribution in [0.4, 0.5) is 0 Å². The van der Waals surface area contributed by atoms with Gasteiger partial charge in [-0.05, 0) is 18.8 Å². The summed E-state index contributed by atoms with van der Waals surface area (Å²) in [5, 5.41) is 7.12. The van der Waals surface area contributed by atoms with Gasteiger partial charge in [0.1, 0.15) is 0 Å². The molecule has 0 aliphatic carbocycles. The topological polar surface area (TPSA) is 24.1 Å². The zero-order chi connectivity index (χ0) is 11.1. The van der Waals surface area contributed by atoms with Crippen LogP contribution in [0.2, 0.25) is 0 Å². The van der Waals surface area contributed by atoms with Crippen LogP contribution in [0.1, 0.15) is 59.3 Å². The van der Waals surface area contributed by atoms with E-state index in [1.807, 2.05) is 0 Å². The van der Waals surface area contributed by atoms with Gasteiger partial charge in [-0.2, -0.15) is 0 Å². The van der Waals surface area contributed by atoms with Crippen LogP contribution in [0.3, 0.4) is 0 Å². The van der Waals surface area contributed by atoms with Crippen molar-refractivity contribution in [2.75, 3.05) is 13.2 Å². The molecule has 1 atom stereocenters. The monoisotopic (exact) mass is 212 g/mol. The average molecular weight is 212 g/mol. The Bertz CT molecular complexity index is 160. The first-order chi connectivity index (χ1) is 7.18. The van der Waals surface area contributed by atoms with E-state index >= 15 is 0 Å². The van der Waals surface area contributed by atoms with Crippen LogP contribution in [-0.4, -0.2) is 18.8 Å². The van der Waals surface area contributed by atoms with E-state index in [1.54, 1.807) is 0 Å². The molecule has 2 heteroatoms. The standard InChI is InChI=1S/C13H28N2/c1-4-5-6-7-8-13(9-12(2)3)10-14-11-15-13/h12,14-15H,4-11H2,1-3H3. The molecule has 0 aromatic heterocycles. The molecule has 0 radical (unpaired) electrons. The second kappa shape index (κ2) is 6.49. The fraction of sp³-hybridized carbons (Fsp3) is 1.00. The highest BCUT2D eigenvalue weighted by atomic mass is 15.2. The molecule has 1 saturated heterocycles. The van der Waals surface area contributed by atoms with Crippen molar-refractivity contribution in [2.24, 2.45) is 5.92 Å². The third kappa shape index (κ3) is 4.52. The van der Waals surface area contributed by atoms with Crippen LogP contribution >= 0.6 is 0 Å². The highest BCUT2D eigenvalue weighted by Crippen LogP contribution is 2.25. The first-order valence-corrected chi connectivity index (χ1v) is 6.64. The van der Waals surface area contributed by atoms with Crippen LogP contribution in [0.15, 0.2) is 0 Å². The lowest BCUT2D eigenvalue weighted by molar-refractivity contribution is 0.291. The number of rotatable bonds is 7. The SMILES string of the molecule is CCCCCCC1(CC(C)C)CNCN1. The minimum atomic E-state index is 0.405. The predicted octanol–water partition coefficient (Wildman–Crippen LogP) is 2.89. The Hall–Kier alpha value is -0.0800. The Kier molecular flexibility index (Phi) is 5.62. The minimum Gasteiger partial charge on any atom is -0.303 e. The van der Waals surface area contributed by atoms with E-state index in [0.717, 1.165) is 19.1 Å². The number of hydrogen-bond acceptors (Lipinski definition) is 2. The Morgan fingerprint density at radius 1 is 1.20 bits per heavy atom. The maximum atomic E-state index is 3.67. The molecule has 1 fully saturated rings. The van der Waals surface area contributed by atoms with Crippen LogP contribution in [0, 0.1) is 5.92 Å². The molecule has 2 N–H and O–H groups in total. The van der Waals surface area contributed by atoms with Gasteiger partial charge in [-0.25, -0.2) is 0 Å². The summed E-state index contributed by atoms with van der Waals surface area (Å²) in [6, 6.07) is 0. The summed E-state index contributed by atoms with van der Waals surface area (Å²) >= 11 is 0. The van der Waals surface area contributed by atoms with Gasteiger partial charge in [0.25, 0.3) is 0 Å². The fourth-order valence-corrected chi connectivity index (χ4v) is 2.71. The Morgan fingerprint density at radius 2 is 2.00 bits per heavy atom. The van der Waals surface area contributed by atoms with Crippen molar-refractivity contribution in [3.63, 3.8) is 0 Å². The number of nitrogens with one attached hydrogen (secondary N) is 2. The maximum Gasteiger partial charge on any atom is 0.0459 e. The van der Waals surface area contributed by atoms with Crippen LogP contribution in [-0.2, 0) is 0 Å². The van der Waals surface area contributed by atoms with Crippen LogP contribution in [0.5, 0.6) is 0 Å². The molecule has 1 rings (SSSR count). The Labute approximate surface area is 95.2 Å². The normalized spacial score (nSPS) is 26.4. The summed E-state index contributed by atoms with van der Waals surface area (Å²) < 4.78 is 0. The van der Waals surface area contributed by atoms with E-state index in [-0.39, 0.29) is 0 Å². The molecule has 0 amide bonds. The lowest BCUT2D eigenvalue weighted by Gasteiger charge is -2.30. The van der Waals surface area contributed by atoms with Gasteiger partial charge in [0.2, 0.25) is 0 Å². The van der Waals surface area contributed by atoms with Crippen molar-refractivity contribution in [1.29, 1.82) is 0 Å². The molecule has 15 heavy (non-hydrogen) atoms. The van der Waals surface area contributed by atoms with Gasteiger partial charge in [-0.15, -0.1) is 0 Å². The average Bonchev–Trinajstić information content (AvgIpc) is 2.61. The molecule has 0 aromatic carbocycles. The van der Waals surface area contributed by atoms with E-state index < -0.39 is 0 Å². The highest BCUT2D eigenvalue weighted by molar-refractivity contribution is 4.94. The zero-order valence-electron chi connectivity index (χ0n) is 10.7. The molecule has 1 aliphatic heterocycles. The van der Waals surface area contributed by atoms with Crippen molar-refractivity contribution in [2.45, 2.75) is 64.8 Å². The van der Waals surface area contributed by atoms with Crippen molar-refractivity contribution < 1.29 is 0 Å². The predicted molar refractivity (Wildman–Crippen MR) is 67.0 cm³/mol. The Morgan fingerprint density at radius 3 is 2.53 bits per heavy atom. The van der Waals surface area contributed by atoms with Gasteiger partial charge in [0.05, 0.1) is 0 Å². The summed E-state index contributed by atoms with van der Waals surface area (Å²) in [6.45, 7) is 9.10. The number of unbranched alkanes of at least 4 members (excludes halogenated alkanes) is 3. The van der Waals surface area contributed by atoms with Crippen molar-refractivity contribution >= 4 is 0 Å². The maximum absolute atomic E-state index is 3.67. The van der Waals surface area contributed by atoms with E-state index in [0.29, 0.717) is 5.54 Å². The fourth-order valence-electron chi connectivity index (χ4n) is 2.71. The second-order valence-corrected chi connectivity index (χ2v) is 5.47. The van der Waals surface area contributed by atoms with Crippen molar-refractivity contribution in [1.82, 2.24) is 10.6 Å². The van der Waals surface area contributed by atoms with Crippen molar-refractivity contribution in [3.8, 4) is 0 Å². The van der Waals surface area contributed by atoms with Crippen LogP contribution in [0.25, 0.3) is 0 Å². The van der Waals surface area contributed by atoms with Gasteiger partial charge in [0.15, 0.2) is 0 Å². The first kappa shape index (κ1) is 13.0. The molecule has 0 spiro atoms. The largest absolute Gasteiger partial charge is 0.303 e. The van der Waals surface area contributed by atoms with Gasteiger partial charge in [-0.3, -0.25) is 5.32 Å². The molecule has 90 valence electrons. The van der Waals surface area contributed by atoms with Gasteiger partial charge < -0.3 is 5.32 Å². The summed E-state index contributed by atoms with van der Waals surface area (Å²) in [4.78, 5) is 0. The Balaban J connectivity index is 2.29. The molecular formula is C13H28N2. The molecule has 1 heterocycles. The summed E-state index contributed by atoms with van der Waals surface area (Å²) in [5.74, 6) is 0.795. The molecular weight excluding hydrogens is 184 g/mol. The number of hydrogen-bond donors (Lipinski definition) is 2. The van der Waals surface area contributed by atoms with Crippen LogP contribution < -0.4 is 10.6 Å². The zero-order valence-corrected chi connectivity index (χ0v) is 10.7. The quantitative estimate of drug-likeness (QED) is 0.634. The molecule has 1 aliphatic rings. The van der Waals surface area contributed by atoms with Crippen molar-refractivity contribution in [3.05, 3.63) is 0 Å².